The molecule has 0 fully saturated rings. The van der Waals surface area contributed by atoms with Gasteiger partial charge in [-0.05, 0) is 58.0 Å². The van der Waals surface area contributed by atoms with Crippen LogP contribution in [-0.2, 0) is 13.1 Å². The van der Waals surface area contributed by atoms with E-state index >= 15 is 0 Å². The summed E-state index contributed by atoms with van der Waals surface area (Å²) in [5.41, 5.74) is 2.50. The van der Waals surface area contributed by atoms with Crippen molar-refractivity contribution in [3.05, 3.63) is 57.2 Å². The highest BCUT2D eigenvalue weighted by Gasteiger charge is 2.12. The first-order chi connectivity index (χ1) is 9.31. The van der Waals surface area contributed by atoms with E-state index in [-0.39, 0.29) is 0 Å². The second-order valence-electron chi connectivity index (χ2n) is 4.42. The van der Waals surface area contributed by atoms with E-state index in [4.69, 9.17) is 9.47 Å². The fourth-order valence-corrected chi connectivity index (χ4v) is 2.36. The molecule has 0 atom stereocenters. The molecule has 0 saturated heterocycles. The molecule has 2 aromatic rings. The molecule has 0 amide bonds. The van der Waals surface area contributed by atoms with Crippen molar-refractivity contribution >= 4 is 22.6 Å². The van der Waals surface area contributed by atoms with Crippen molar-refractivity contribution in [3.63, 3.8) is 0 Å². The number of hydrogen-bond acceptors (Lipinski definition) is 3. The third-order valence-corrected chi connectivity index (χ3v) is 3.73. The quantitative estimate of drug-likeness (QED) is 0.842. The second kappa shape index (κ2) is 5.79. The van der Waals surface area contributed by atoms with Gasteiger partial charge in [-0.3, -0.25) is 0 Å². The van der Waals surface area contributed by atoms with Crippen LogP contribution in [0.5, 0.6) is 11.5 Å². The third kappa shape index (κ3) is 3.19. The first kappa shape index (κ1) is 12.7. The molecule has 1 N–H and O–H groups in total. The molecule has 4 heteroatoms. The summed E-state index contributed by atoms with van der Waals surface area (Å²) in [6.07, 6.45) is 0. The summed E-state index contributed by atoms with van der Waals surface area (Å²) in [7, 11) is 0. The standard InChI is InChI=1S/C15H14INO2/c16-13-4-1-11(2-5-13)8-17-9-12-3-6-14-15(7-12)19-10-18-14/h1-7,17H,8-10H2. The lowest BCUT2D eigenvalue weighted by Crippen LogP contribution is -2.12. The molecule has 0 aliphatic carbocycles. The van der Waals surface area contributed by atoms with Gasteiger partial charge in [0.05, 0.1) is 0 Å². The minimum Gasteiger partial charge on any atom is -0.454 e. The highest BCUT2D eigenvalue weighted by Crippen LogP contribution is 2.32. The first-order valence-electron chi connectivity index (χ1n) is 6.15. The molecule has 3 nitrogen and oxygen atoms in total. The molecule has 1 heterocycles. The molecule has 98 valence electrons. The van der Waals surface area contributed by atoms with Crippen molar-refractivity contribution in [1.82, 2.24) is 5.32 Å². The zero-order valence-corrected chi connectivity index (χ0v) is 12.5. The normalized spacial score (nSPS) is 12.7. The second-order valence-corrected chi connectivity index (χ2v) is 5.66. The Labute approximate surface area is 126 Å². The topological polar surface area (TPSA) is 30.5 Å². The lowest BCUT2D eigenvalue weighted by atomic mass is 10.2. The van der Waals surface area contributed by atoms with Gasteiger partial charge in [0.15, 0.2) is 11.5 Å². The summed E-state index contributed by atoms with van der Waals surface area (Å²) in [5, 5.41) is 3.43. The van der Waals surface area contributed by atoms with E-state index in [1.807, 2.05) is 12.1 Å². The van der Waals surface area contributed by atoms with Gasteiger partial charge >= 0.3 is 0 Å². The van der Waals surface area contributed by atoms with Crippen molar-refractivity contribution in [2.45, 2.75) is 13.1 Å². The van der Waals surface area contributed by atoms with Gasteiger partial charge in [0.25, 0.3) is 0 Å². The van der Waals surface area contributed by atoms with Crippen LogP contribution in [0.15, 0.2) is 42.5 Å². The minimum absolute atomic E-state index is 0.328. The Hall–Kier alpha value is -1.27. The van der Waals surface area contributed by atoms with Crippen LogP contribution >= 0.6 is 22.6 Å². The minimum atomic E-state index is 0.328. The Morgan fingerprint density at radius 2 is 1.58 bits per heavy atom. The predicted molar refractivity (Wildman–Crippen MR) is 82.3 cm³/mol. The Morgan fingerprint density at radius 3 is 2.42 bits per heavy atom. The number of fused-ring (bicyclic) bond motifs is 1. The van der Waals surface area contributed by atoms with Crippen LogP contribution in [-0.4, -0.2) is 6.79 Å². The molecule has 0 aromatic heterocycles. The molecular weight excluding hydrogens is 353 g/mol. The number of hydrogen-bond donors (Lipinski definition) is 1. The Kier molecular flexibility index (Phi) is 3.89. The summed E-state index contributed by atoms with van der Waals surface area (Å²) in [4.78, 5) is 0. The van der Waals surface area contributed by atoms with Crippen LogP contribution in [0.3, 0.4) is 0 Å². The summed E-state index contributed by atoms with van der Waals surface area (Å²) in [5.74, 6) is 1.68. The van der Waals surface area contributed by atoms with Gasteiger partial charge in [0.1, 0.15) is 0 Å². The fourth-order valence-electron chi connectivity index (χ4n) is 2.00. The van der Waals surface area contributed by atoms with E-state index in [0.717, 1.165) is 24.6 Å². The SMILES string of the molecule is Ic1ccc(CNCc2ccc3c(c2)OCO3)cc1. The highest BCUT2D eigenvalue weighted by atomic mass is 127. The van der Waals surface area contributed by atoms with Crippen LogP contribution in [0, 0.1) is 3.57 Å². The largest absolute Gasteiger partial charge is 0.454 e. The lowest BCUT2D eigenvalue weighted by Gasteiger charge is -2.06. The van der Waals surface area contributed by atoms with E-state index in [1.54, 1.807) is 0 Å². The molecule has 0 bridgehead atoms. The molecular formula is C15H14INO2. The van der Waals surface area contributed by atoms with Gasteiger partial charge in [-0.1, -0.05) is 18.2 Å². The fraction of sp³-hybridized carbons (Fsp3) is 0.200. The van der Waals surface area contributed by atoms with Gasteiger partial charge in [-0.2, -0.15) is 0 Å². The van der Waals surface area contributed by atoms with Crippen LogP contribution in [0.2, 0.25) is 0 Å². The monoisotopic (exact) mass is 367 g/mol. The molecule has 0 radical (unpaired) electrons. The molecule has 19 heavy (non-hydrogen) atoms. The average Bonchev–Trinajstić information content (AvgIpc) is 2.88. The lowest BCUT2D eigenvalue weighted by molar-refractivity contribution is 0.174. The van der Waals surface area contributed by atoms with Crippen molar-refractivity contribution in [1.29, 1.82) is 0 Å². The summed E-state index contributed by atoms with van der Waals surface area (Å²) in [6, 6.07) is 14.6. The molecule has 2 aromatic carbocycles. The Morgan fingerprint density at radius 1 is 0.895 bits per heavy atom. The van der Waals surface area contributed by atoms with Gasteiger partial charge < -0.3 is 14.8 Å². The molecule has 3 rings (SSSR count). The molecule has 0 spiro atoms. The maximum atomic E-state index is 5.37. The van der Waals surface area contributed by atoms with Gasteiger partial charge in [0.2, 0.25) is 6.79 Å². The van der Waals surface area contributed by atoms with Crippen molar-refractivity contribution in [3.8, 4) is 11.5 Å². The highest BCUT2D eigenvalue weighted by molar-refractivity contribution is 14.1. The number of halogens is 1. The van der Waals surface area contributed by atoms with Crippen LogP contribution in [0.1, 0.15) is 11.1 Å². The summed E-state index contributed by atoms with van der Waals surface area (Å²) >= 11 is 2.31. The smallest absolute Gasteiger partial charge is 0.231 e. The van der Waals surface area contributed by atoms with E-state index in [2.05, 4.69) is 58.2 Å². The van der Waals surface area contributed by atoms with Crippen molar-refractivity contribution < 1.29 is 9.47 Å². The van der Waals surface area contributed by atoms with Gasteiger partial charge in [0, 0.05) is 16.7 Å². The van der Waals surface area contributed by atoms with Gasteiger partial charge in [-0.25, -0.2) is 0 Å². The van der Waals surface area contributed by atoms with Crippen molar-refractivity contribution in [2.75, 3.05) is 6.79 Å². The van der Waals surface area contributed by atoms with E-state index in [1.165, 1.54) is 14.7 Å². The number of nitrogens with one attached hydrogen (secondary N) is 1. The Bertz CT molecular complexity index is 569. The van der Waals surface area contributed by atoms with Crippen LogP contribution in [0.4, 0.5) is 0 Å². The zero-order valence-electron chi connectivity index (χ0n) is 10.4. The summed E-state index contributed by atoms with van der Waals surface area (Å²) < 4.78 is 11.9. The van der Waals surface area contributed by atoms with E-state index in [0.29, 0.717) is 6.79 Å². The van der Waals surface area contributed by atoms with E-state index < -0.39 is 0 Å². The maximum absolute atomic E-state index is 5.37. The zero-order chi connectivity index (χ0) is 13.1. The number of rotatable bonds is 4. The van der Waals surface area contributed by atoms with Crippen molar-refractivity contribution in [2.24, 2.45) is 0 Å². The van der Waals surface area contributed by atoms with E-state index in [9.17, 15) is 0 Å². The molecule has 1 aliphatic rings. The molecule has 0 unspecified atom stereocenters. The summed E-state index contributed by atoms with van der Waals surface area (Å²) in [6.45, 7) is 2.02. The van der Waals surface area contributed by atoms with Crippen LogP contribution in [0.25, 0.3) is 0 Å². The molecule has 1 aliphatic heterocycles. The Balaban J connectivity index is 1.56. The maximum Gasteiger partial charge on any atom is 0.231 e. The first-order valence-corrected chi connectivity index (χ1v) is 7.23. The van der Waals surface area contributed by atoms with Crippen LogP contribution < -0.4 is 14.8 Å². The number of benzene rings is 2. The predicted octanol–water partition coefficient (Wildman–Crippen LogP) is 3.31. The number of ether oxygens (including phenoxy) is 2. The average molecular weight is 367 g/mol. The third-order valence-electron chi connectivity index (χ3n) is 3.01. The van der Waals surface area contributed by atoms with Gasteiger partial charge in [-0.15, -0.1) is 0 Å². The molecule has 0 saturated carbocycles.